The molecule has 2 nitrogen and oxygen atoms in total. The highest BCUT2D eigenvalue weighted by molar-refractivity contribution is 7.99. The number of hydrogen-bond acceptors (Lipinski definition) is 3. The van der Waals surface area contributed by atoms with E-state index in [1.807, 2.05) is 12.3 Å². The molecule has 1 aromatic heterocycles. The molecule has 21 heavy (non-hydrogen) atoms. The van der Waals surface area contributed by atoms with Crippen molar-refractivity contribution in [3.8, 4) is 0 Å². The summed E-state index contributed by atoms with van der Waals surface area (Å²) in [5.74, 6) is 1.16. The van der Waals surface area contributed by atoms with Crippen LogP contribution >= 0.6 is 11.8 Å². The molecule has 3 rings (SSSR count). The normalized spacial score (nSPS) is 17.4. The zero-order valence-corrected chi connectivity index (χ0v) is 13.5. The molecule has 1 saturated carbocycles. The van der Waals surface area contributed by atoms with Gasteiger partial charge < -0.3 is 5.32 Å². The van der Waals surface area contributed by atoms with E-state index in [2.05, 4.69) is 53.3 Å². The van der Waals surface area contributed by atoms with Crippen LogP contribution in [0.3, 0.4) is 0 Å². The lowest BCUT2D eigenvalue weighted by Crippen LogP contribution is -2.24. The maximum atomic E-state index is 4.49. The number of aromatic nitrogens is 1. The first-order valence-corrected chi connectivity index (χ1v) is 9.12. The minimum atomic E-state index is 0.425. The first-order valence-electron chi connectivity index (χ1n) is 8.07. The van der Waals surface area contributed by atoms with Gasteiger partial charge in [0.2, 0.25) is 0 Å². The fourth-order valence-corrected chi connectivity index (χ4v) is 4.65. The Morgan fingerprint density at radius 1 is 1.24 bits per heavy atom. The molecule has 0 aliphatic heterocycles. The van der Waals surface area contributed by atoms with E-state index in [1.165, 1.54) is 36.6 Å². The number of thioether (sulfide) groups is 1. The van der Waals surface area contributed by atoms with Crippen LogP contribution in [0.2, 0.25) is 0 Å². The average Bonchev–Trinajstić information content (AvgIpc) is 3.04. The molecule has 1 fully saturated rings. The van der Waals surface area contributed by atoms with E-state index >= 15 is 0 Å². The van der Waals surface area contributed by atoms with Crippen LogP contribution in [0.25, 0.3) is 10.9 Å². The van der Waals surface area contributed by atoms with Gasteiger partial charge in [-0.3, -0.25) is 4.98 Å². The van der Waals surface area contributed by atoms with Crippen molar-refractivity contribution in [1.82, 2.24) is 10.3 Å². The Hall–Kier alpha value is -1.06. The molecule has 1 aliphatic rings. The monoisotopic (exact) mass is 300 g/mol. The zero-order chi connectivity index (χ0) is 14.5. The Morgan fingerprint density at radius 3 is 2.90 bits per heavy atom. The molecule has 2 aromatic rings. The van der Waals surface area contributed by atoms with Crippen LogP contribution in [-0.2, 0) is 0 Å². The highest BCUT2D eigenvalue weighted by Gasteiger charge is 2.19. The van der Waals surface area contributed by atoms with Gasteiger partial charge in [0.15, 0.2) is 0 Å². The standard InChI is InChI=1S/C18H24N2S/c1-2-19-18(13-21-14-7-3-4-8-14)16-9-5-11-17-15(16)10-6-12-20-17/h5-6,9-12,14,18-19H,2-4,7-8,13H2,1H3. The Kier molecular flexibility index (Phi) is 5.15. The second-order valence-electron chi connectivity index (χ2n) is 5.77. The summed E-state index contributed by atoms with van der Waals surface area (Å²) in [6, 6.07) is 11.2. The third-order valence-corrected chi connectivity index (χ3v) is 5.77. The van der Waals surface area contributed by atoms with Crippen LogP contribution in [0, 0.1) is 0 Å². The molecule has 1 atom stereocenters. The largest absolute Gasteiger partial charge is 0.309 e. The molecule has 3 heteroatoms. The molecule has 1 aromatic carbocycles. The van der Waals surface area contributed by atoms with Crippen LogP contribution < -0.4 is 5.32 Å². The van der Waals surface area contributed by atoms with Crippen LogP contribution in [0.4, 0.5) is 0 Å². The number of nitrogens with one attached hydrogen (secondary N) is 1. The predicted octanol–water partition coefficient (Wildman–Crippen LogP) is 4.56. The van der Waals surface area contributed by atoms with Crippen molar-refractivity contribution in [2.24, 2.45) is 0 Å². The van der Waals surface area contributed by atoms with Crippen molar-refractivity contribution >= 4 is 22.7 Å². The molecule has 1 heterocycles. The van der Waals surface area contributed by atoms with Gasteiger partial charge in [-0.15, -0.1) is 0 Å². The molecule has 0 amide bonds. The van der Waals surface area contributed by atoms with Crippen molar-refractivity contribution in [3.05, 3.63) is 42.1 Å². The zero-order valence-electron chi connectivity index (χ0n) is 12.7. The van der Waals surface area contributed by atoms with E-state index in [9.17, 15) is 0 Å². The molecule has 0 radical (unpaired) electrons. The summed E-state index contributed by atoms with van der Waals surface area (Å²) < 4.78 is 0. The van der Waals surface area contributed by atoms with E-state index < -0.39 is 0 Å². The summed E-state index contributed by atoms with van der Waals surface area (Å²) in [4.78, 5) is 4.49. The quantitative estimate of drug-likeness (QED) is 0.846. The summed E-state index contributed by atoms with van der Waals surface area (Å²) in [5, 5.41) is 5.83. The maximum Gasteiger partial charge on any atom is 0.0705 e. The highest BCUT2D eigenvalue weighted by Crippen LogP contribution is 2.33. The Labute approximate surface area is 131 Å². The highest BCUT2D eigenvalue weighted by atomic mass is 32.2. The predicted molar refractivity (Wildman–Crippen MR) is 92.9 cm³/mol. The van der Waals surface area contributed by atoms with Gasteiger partial charge in [0, 0.05) is 28.6 Å². The van der Waals surface area contributed by atoms with Crippen molar-refractivity contribution in [3.63, 3.8) is 0 Å². The lowest BCUT2D eigenvalue weighted by atomic mass is 10.0. The Morgan fingerprint density at radius 2 is 2.10 bits per heavy atom. The molecule has 1 aliphatic carbocycles. The van der Waals surface area contributed by atoms with E-state index in [4.69, 9.17) is 0 Å². The fourth-order valence-electron chi connectivity index (χ4n) is 3.22. The SMILES string of the molecule is CCNC(CSC1CCCC1)c1cccc2ncccc12. The van der Waals surface area contributed by atoms with E-state index in [0.717, 1.165) is 23.1 Å². The van der Waals surface area contributed by atoms with Gasteiger partial charge in [0.05, 0.1) is 5.52 Å². The molecular formula is C18H24N2S. The number of nitrogens with zero attached hydrogens (tertiary/aromatic N) is 1. The number of pyridine rings is 1. The van der Waals surface area contributed by atoms with Crippen molar-refractivity contribution in [1.29, 1.82) is 0 Å². The molecule has 0 bridgehead atoms. The molecule has 1 N–H and O–H groups in total. The minimum Gasteiger partial charge on any atom is -0.309 e. The summed E-state index contributed by atoms with van der Waals surface area (Å²) in [7, 11) is 0. The van der Waals surface area contributed by atoms with E-state index in [0.29, 0.717) is 6.04 Å². The first-order chi connectivity index (χ1) is 10.4. The third-order valence-electron chi connectivity index (χ3n) is 4.31. The van der Waals surface area contributed by atoms with E-state index in [1.54, 1.807) is 0 Å². The number of rotatable bonds is 6. The van der Waals surface area contributed by atoms with Gasteiger partial charge in [-0.05, 0) is 37.1 Å². The second-order valence-corrected chi connectivity index (χ2v) is 7.10. The second kappa shape index (κ2) is 7.28. The minimum absolute atomic E-state index is 0.425. The lowest BCUT2D eigenvalue weighted by molar-refractivity contribution is 0.608. The fraction of sp³-hybridized carbons (Fsp3) is 0.500. The van der Waals surface area contributed by atoms with Crippen molar-refractivity contribution in [2.75, 3.05) is 12.3 Å². The van der Waals surface area contributed by atoms with Gasteiger partial charge in [-0.2, -0.15) is 11.8 Å². The maximum absolute atomic E-state index is 4.49. The van der Waals surface area contributed by atoms with Gasteiger partial charge in [0.25, 0.3) is 0 Å². The molecule has 0 saturated heterocycles. The van der Waals surface area contributed by atoms with Gasteiger partial charge in [-0.25, -0.2) is 0 Å². The summed E-state index contributed by atoms with van der Waals surface area (Å²) in [6.07, 6.45) is 7.52. The lowest BCUT2D eigenvalue weighted by Gasteiger charge is -2.21. The molecule has 112 valence electrons. The summed E-state index contributed by atoms with van der Waals surface area (Å²) in [6.45, 7) is 3.20. The average molecular weight is 300 g/mol. The molecule has 1 unspecified atom stereocenters. The number of fused-ring (bicyclic) bond motifs is 1. The van der Waals surface area contributed by atoms with Gasteiger partial charge >= 0.3 is 0 Å². The number of hydrogen-bond donors (Lipinski definition) is 1. The van der Waals surface area contributed by atoms with Gasteiger partial charge in [-0.1, -0.05) is 38.0 Å². The van der Waals surface area contributed by atoms with Crippen LogP contribution in [0.5, 0.6) is 0 Å². The van der Waals surface area contributed by atoms with Crippen LogP contribution in [0.1, 0.15) is 44.2 Å². The van der Waals surface area contributed by atoms with Crippen LogP contribution in [-0.4, -0.2) is 22.5 Å². The number of benzene rings is 1. The Bertz CT molecular complexity index is 573. The summed E-state index contributed by atoms with van der Waals surface area (Å²) in [5.41, 5.74) is 2.50. The summed E-state index contributed by atoms with van der Waals surface area (Å²) >= 11 is 2.15. The Balaban J connectivity index is 1.80. The van der Waals surface area contributed by atoms with Crippen molar-refractivity contribution in [2.45, 2.75) is 43.9 Å². The topological polar surface area (TPSA) is 24.9 Å². The van der Waals surface area contributed by atoms with Gasteiger partial charge in [0.1, 0.15) is 0 Å². The molecule has 0 spiro atoms. The van der Waals surface area contributed by atoms with E-state index in [-0.39, 0.29) is 0 Å². The first kappa shape index (κ1) is 14.9. The smallest absolute Gasteiger partial charge is 0.0705 e. The molecular weight excluding hydrogens is 276 g/mol. The third kappa shape index (κ3) is 3.58. The van der Waals surface area contributed by atoms with Crippen molar-refractivity contribution < 1.29 is 0 Å². The van der Waals surface area contributed by atoms with Crippen LogP contribution in [0.15, 0.2) is 36.5 Å².